The highest BCUT2D eigenvalue weighted by Crippen LogP contribution is 2.32. The van der Waals surface area contributed by atoms with E-state index in [1.54, 1.807) is 12.1 Å². The summed E-state index contributed by atoms with van der Waals surface area (Å²) in [6.45, 7) is 8.00. The zero-order valence-electron chi connectivity index (χ0n) is 11.5. The molecule has 1 aromatic rings. The molecule has 19 heavy (non-hydrogen) atoms. The average Bonchev–Trinajstić information content (AvgIpc) is 2.35. The fourth-order valence-electron chi connectivity index (χ4n) is 1.85. The Balaban J connectivity index is 3.17. The smallest absolute Gasteiger partial charge is 0.292 e. The van der Waals surface area contributed by atoms with E-state index in [9.17, 15) is 10.1 Å². The highest BCUT2D eigenvalue weighted by atomic mass is 79.9. The molecule has 1 aromatic carbocycles. The molecule has 0 saturated heterocycles. The van der Waals surface area contributed by atoms with Crippen LogP contribution in [0.25, 0.3) is 0 Å². The number of hydrogen-bond acceptors (Lipinski definition) is 4. The van der Waals surface area contributed by atoms with E-state index in [1.807, 2.05) is 11.8 Å². The number of nitrogens with two attached hydrogens (primary N) is 1. The van der Waals surface area contributed by atoms with Gasteiger partial charge in [0, 0.05) is 23.6 Å². The molecule has 2 N–H and O–H groups in total. The zero-order valence-corrected chi connectivity index (χ0v) is 13.1. The van der Waals surface area contributed by atoms with Crippen LogP contribution in [-0.4, -0.2) is 24.6 Å². The van der Waals surface area contributed by atoms with Gasteiger partial charge in [-0.1, -0.05) is 29.8 Å². The van der Waals surface area contributed by atoms with Crippen molar-refractivity contribution in [2.75, 3.05) is 24.5 Å². The van der Waals surface area contributed by atoms with Gasteiger partial charge in [-0.3, -0.25) is 10.1 Å². The van der Waals surface area contributed by atoms with Crippen molar-refractivity contribution >= 4 is 27.3 Å². The minimum atomic E-state index is -0.347. The van der Waals surface area contributed by atoms with Gasteiger partial charge in [-0.25, -0.2) is 0 Å². The van der Waals surface area contributed by atoms with Crippen molar-refractivity contribution in [2.45, 2.75) is 20.8 Å². The van der Waals surface area contributed by atoms with Crippen LogP contribution in [0.3, 0.4) is 0 Å². The average molecular weight is 330 g/mol. The lowest BCUT2D eigenvalue weighted by atomic mass is 9.93. The number of nitrogens with zero attached hydrogens (tertiary/aromatic N) is 2. The summed E-state index contributed by atoms with van der Waals surface area (Å²) in [5.74, 6) is 0. The molecule has 6 heteroatoms. The molecule has 0 spiro atoms. The maximum absolute atomic E-state index is 11.1. The van der Waals surface area contributed by atoms with Crippen LogP contribution in [0.4, 0.5) is 11.4 Å². The van der Waals surface area contributed by atoms with Crippen molar-refractivity contribution in [1.82, 2.24) is 0 Å². The Morgan fingerprint density at radius 2 is 2.11 bits per heavy atom. The molecule has 5 nitrogen and oxygen atoms in total. The van der Waals surface area contributed by atoms with Crippen LogP contribution in [0.2, 0.25) is 0 Å². The number of nitro benzene ring substituents is 1. The molecule has 0 heterocycles. The summed E-state index contributed by atoms with van der Waals surface area (Å²) in [5.41, 5.74) is 6.41. The second kappa shape index (κ2) is 6.34. The molecule has 0 radical (unpaired) electrons. The molecule has 0 amide bonds. The second-order valence-corrected chi connectivity index (χ2v) is 6.19. The molecule has 106 valence electrons. The molecule has 0 atom stereocenters. The maximum Gasteiger partial charge on any atom is 0.292 e. The number of benzene rings is 1. The monoisotopic (exact) mass is 329 g/mol. The summed E-state index contributed by atoms with van der Waals surface area (Å²) in [6, 6.07) is 5.00. The van der Waals surface area contributed by atoms with Gasteiger partial charge in [0.1, 0.15) is 5.69 Å². The van der Waals surface area contributed by atoms with Crippen molar-refractivity contribution in [3.8, 4) is 0 Å². The van der Waals surface area contributed by atoms with E-state index in [2.05, 4.69) is 29.8 Å². The molecule has 0 unspecified atom stereocenters. The number of anilines is 1. The molecular formula is C13H20BrN3O2. The Hall–Kier alpha value is -1.14. The highest BCUT2D eigenvalue weighted by Gasteiger charge is 2.24. The molecule has 0 aliphatic rings. The van der Waals surface area contributed by atoms with Gasteiger partial charge in [-0.15, -0.1) is 0 Å². The van der Waals surface area contributed by atoms with E-state index < -0.39 is 0 Å². The van der Waals surface area contributed by atoms with Gasteiger partial charge in [-0.05, 0) is 31.0 Å². The van der Waals surface area contributed by atoms with Gasteiger partial charge < -0.3 is 10.6 Å². The topological polar surface area (TPSA) is 72.4 Å². The molecule has 0 saturated carbocycles. The van der Waals surface area contributed by atoms with Crippen LogP contribution >= 0.6 is 15.9 Å². The molecule has 0 fully saturated rings. The van der Waals surface area contributed by atoms with Crippen LogP contribution in [0.15, 0.2) is 22.7 Å². The van der Waals surface area contributed by atoms with Crippen LogP contribution in [0.1, 0.15) is 20.8 Å². The first-order valence-electron chi connectivity index (χ1n) is 6.19. The second-order valence-electron chi connectivity index (χ2n) is 5.27. The summed E-state index contributed by atoms with van der Waals surface area (Å²) in [7, 11) is 0. The Morgan fingerprint density at radius 1 is 1.47 bits per heavy atom. The lowest BCUT2D eigenvalue weighted by Gasteiger charge is -2.32. The van der Waals surface area contributed by atoms with Crippen molar-refractivity contribution < 1.29 is 4.92 Å². The summed E-state index contributed by atoms with van der Waals surface area (Å²) in [4.78, 5) is 12.8. The fraction of sp³-hybridized carbons (Fsp3) is 0.538. The minimum Gasteiger partial charge on any atom is -0.366 e. The number of hydrogen-bond donors (Lipinski definition) is 1. The molecule has 0 aliphatic heterocycles. The van der Waals surface area contributed by atoms with Crippen molar-refractivity contribution in [3.05, 3.63) is 32.8 Å². The SMILES string of the molecule is CCN(CC(C)(C)CN)c1cc(Br)ccc1[N+](=O)[O-]. The lowest BCUT2D eigenvalue weighted by molar-refractivity contribution is -0.384. The van der Waals surface area contributed by atoms with Gasteiger partial charge >= 0.3 is 0 Å². The first-order chi connectivity index (χ1) is 8.80. The third-order valence-corrected chi connectivity index (χ3v) is 3.52. The number of halogens is 1. The van der Waals surface area contributed by atoms with E-state index in [0.29, 0.717) is 25.3 Å². The number of nitro groups is 1. The third kappa shape index (κ3) is 4.18. The maximum atomic E-state index is 11.1. The minimum absolute atomic E-state index is 0.0911. The molecule has 0 bridgehead atoms. The van der Waals surface area contributed by atoms with Crippen LogP contribution in [0, 0.1) is 15.5 Å². The van der Waals surface area contributed by atoms with Crippen molar-refractivity contribution in [3.63, 3.8) is 0 Å². The van der Waals surface area contributed by atoms with E-state index in [1.165, 1.54) is 6.07 Å². The normalized spacial score (nSPS) is 11.4. The highest BCUT2D eigenvalue weighted by molar-refractivity contribution is 9.10. The first-order valence-corrected chi connectivity index (χ1v) is 6.99. The standard InChI is InChI=1S/C13H20BrN3O2/c1-4-16(9-13(2,3)8-15)12-7-10(14)5-6-11(12)17(18)19/h5-7H,4,8-9,15H2,1-3H3. The quantitative estimate of drug-likeness (QED) is 0.642. The summed E-state index contributed by atoms with van der Waals surface area (Å²) >= 11 is 3.37. The Kier molecular flexibility index (Phi) is 5.31. The number of rotatable bonds is 6. The first kappa shape index (κ1) is 15.9. The Bertz CT molecular complexity index is 463. The molecule has 1 rings (SSSR count). The van der Waals surface area contributed by atoms with Gasteiger partial charge in [0.25, 0.3) is 5.69 Å². The fourth-order valence-corrected chi connectivity index (χ4v) is 2.20. The van der Waals surface area contributed by atoms with Gasteiger partial charge in [-0.2, -0.15) is 0 Å². The van der Waals surface area contributed by atoms with Crippen LogP contribution < -0.4 is 10.6 Å². The Labute approximate surface area is 122 Å². The lowest BCUT2D eigenvalue weighted by Crippen LogP contribution is -2.39. The van der Waals surface area contributed by atoms with Crippen LogP contribution in [0.5, 0.6) is 0 Å². The van der Waals surface area contributed by atoms with Gasteiger partial charge in [0.05, 0.1) is 4.92 Å². The van der Waals surface area contributed by atoms with E-state index in [0.717, 1.165) is 4.47 Å². The predicted molar refractivity (Wildman–Crippen MR) is 81.5 cm³/mol. The third-order valence-electron chi connectivity index (χ3n) is 3.03. The summed E-state index contributed by atoms with van der Waals surface area (Å²) in [5, 5.41) is 11.1. The van der Waals surface area contributed by atoms with E-state index in [4.69, 9.17) is 5.73 Å². The van der Waals surface area contributed by atoms with Gasteiger partial charge in [0.15, 0.2) is 0 Å². The molecule has 0 aromatic heterocycles. The van der Waals surface area contributed by atoms with Gasteiger partial charge in [0.2, 0.25) is 0 Å². The Morgan fingerprint density at radius 3 is 2.58 bits per heavy atom. The van der Waals surface area contributed by atoms with Crippen molar-refractivity contribution in [2.24, 2.45) is 11.1 Å². The van der Waals surface area contributed by atoms with Crippen LogP contribution in [-0.2, 0) is 0 Å². The summed E-state index contributed by atoms with van der Waals surface area (Å²) < 4.78 is 0.831. The summed E-state index contributed by atoms with van der Waals surface area (Å²) in [6.07, 6.45) is 0. The zero-order chi connectivity index (χ0) is 14.6. The van der Waals surface area contributed by atoms with Crippen molar-refractivity contribution in [1.29, 1.82) is 0 Å². The largest absolute Gasteiger partial charge is 0.366 e. The predicted octanol–water partition coefficient (Wildman–Crippen LogP) is 3.17. The molecular weight excluding hydrogens is 310 g/mol. The van der Waals surface area contributed by atoms with E-state index in [-0.39, 0.29) is 16.0 Å². The van der Waals surface area contributed by atoms with E-state index >= 15 is 0 Å². The molecule has 0 aliphatic carbocycles.